The van der Waals surface area contributed by atoms with Crippen molar-refractivity contribution in [3.05, 3.63) is 47.8 Å². The Morgan fingerprint density at radius 2 is 1.91 bits per heavy atom. The van der Waals surface area contributed by atoms with Crippen molar-refractivity contribution in [3.63, 3.8) is 0 Å². The lowest BCUT2D eigenvalue weighted by atomic mass is 9.86. The van der Waals surface area contributed by atoms with E-state index in [9.17, 15) is 4.79 Å². The molecule has 0 spiro atoms. The van der Waals surface area contributed by atoms with E-state index < -0.39 is 0 Å². The summed E-state index contributed by atoms with van der Waals surface area (Å²) >= 11 is 0. The molecular weight excluding hydrogens is 274 g/mol. The number of carbonyl (C=O) groups is 1. The fourth-order valence-corrected chi connectivity index (χ4v) is 3.18. The summed E-state index contributed by atoms with van der Waals surface area (Å²) in [6.45, 7) is 4.24. The molecule has 0 saturated heterocycles. The van der Waals surface area contributed by atoms with Gasteiger partial charge in [-0.2, -0.15) is 5.10 Å². The SMILES string of the molecule is Cc1ccnn1-c1ccc(C(=O)N[C@H]2CCCC[C@@H]2C)cc1. The molecule has 0 radical (unpaired) electrons. The van der Waals surface area contributed by atoms with Crippen molar-refractivity contribution in [3.8, 4) is 5.69 Å². The Kier molecular flexibility index (Phi) is 4.27. The van der Waals surface area contributed by atoms with E-state index in [2.05, 4.69) is 17.3 Å². The summed E-state index contributed by atoms with van der Waals surface area (Å²) < 4.78 is 1.87. The highest BCUT2D eigenvalue weighted by Gasteiger charge is 2.23. The first-order chi connectivity index (χ1) is 10.6. The van der Waals surface area contributed by atoms with E-state index >= 15 is 0 Å². The van der Waals surface area contributed by atoms with Crippen molar-refractivity contribution < 1.29 is 4.79 Å². The fraction of sp³-hybridized carbons (Fsp3) is 0.444. The molecule has 1 heterocycles. The molecule has 0 bridgehead atoms. The minimum Gasteiger partial charge on any atom is -0.349 e. The Bertz CT molecular complexity index is 645. The van der Waals surface area contributed by atoms with Gasteiger partial charge in [-0.3, -0.25) is 4.79 Å². The van der Waals surface area contributed by atoms with Crippen molar-refractivity contribution in [2.45, 2.75) is 45.6 Å². The fourth-order valence-electron chi connectivity index (χ4n) is 3.18. The van der Waals surface area contributed by atoms with Gasteiger partial charge in [-0.1, -0.05) is 19.8 Å². The van der Waals surface area contributed by atoms with Crippen LogP contribution >= 0.6 is 0 Å². The number of aromatic nitrogens is 2. The van der Waals surface area contributed by atoms with Crippen molar-refractivity contribution in [2.24, 2.45) is 5.92 Å². The minimum atomic E-state index is 0.0301. The van der Waals surface area contributed by atoms with Gasteiger partial charge in [0.2, 0.25) is 0 Å². The number of nitrogens with one attached hydrogen (secondary N) is 1. The Morgan fingerprint density at radius 1 is 1.18 bits per heavy atom. The number of hydrogen-bond donors (Lipinski definition) is 1. The van der Waals surface area contributed by atoms with E-state index in [0.717, 1.165) is 17.8 Å². The molecule has 1 saturated carbocycles. The zero-order valence-electron chi connectivity index (χ0n) is 13.2. The molecule has 2 atom stereocenters. The minimum absolute atomic E-state index is 0.0301. The Morgan fingerprint density at radius 3 is 2.55 bits per heavy atom. The Balaban J connectivity index is 1.70. The molecule has 116 valence electrons. The molecular formula is C18H23N3O. The molecule has 4 heteroatoms. The highest BCUT2D eigenvalue weighted by Crippen LogP contribution is 2.24. The van der Waals surface area contributed by atoms with E-state index in [1.165, 1.54) is 19.3 Å². The van der Waals surface area contributed by atoms with Gasteiger partial charge < -0.3 is 5.32 Å². The topological polar surface area (TPSA) is 46.9 Å². The zero-order chi connectivity index (χ0) is 15.5. The van der Waals surface area contributed by atoms with Gasteiger partial charge in [-0.05, 0) is 56.0 Å². The van der Waals surface area contributed by atoms with Gasteiger partial charge in [0.15, 0.2) is 0 Å². The van der Waals surface area contributed by atoms with Crippen molar-refractivity contribution in [1.82, 2.24) is 15.1 Å². The third-order valence-corrected chi connectivity index (χ3v) is 4.63. The van der Waals surface area contributed by atoms with E-state index in [-0.39, 0.29) is 5.91 Å². The largest absolute Gasteiger partial charge is 0.349 e. The van der Waals surface area contributed by atoms with Gasteiger partial charge in [0.05, 0.1) is 5.69 Å². The van der Waals surface area contributed by atoms with E-state index in [1.54, 1.807) is 6.20 Å². The lowest BCUT2D eigenvalue weighted by molar-refractivity contribution is 0.0910. The molecule has 1 amide bonds. The Hall–Kier alpha value is -2.10. The van der Waals surface area contributed by atoms with E-state index in [0.29, 0.717) is 17.5 Å². The molecule has 0 unspecified atom stereocenters. The van der Waals surface area contributed by atoms with Crippen LogP contribution in [0.2, 0.25) is 0 Å². The molecule has 22 heavy (non-hydrogen) atoms. The second-order valence-electron chi connectivity index (χ2n) is 6.27. The van der Waals surface area contributed by atoms with Crippen LogP contribution in [-0.4, -0.2) is 21.7 Å². The van der Waals surface area contributed by atoms with Crippen LogP contribution < -0.4 is 5.32 Å². The zero-order valence-corrected chi connectivity index (χ0v) is 13.2. The van der Waals surface area contributed by atoms with Crippen LogP contribution in [0.4, 0.5) is 0 Å². The van der Waals surface area contributed by atoms with Crippen molar-refractivity contribution in [1.29, 1.82) is 0 Å². The van der Waals surface area contributed by atoms with Crippen molar-refractivity contribution >= 4 is 5.91 Å². The number of hydrogen-bond acceptors (Lipinski definition) is 2. The van der Waals surface area contributed by atoms with Crippen LogP contribution in [0.15, 0.2) is 36.5 Å². The van der Waals surface area contributed by atoms with Crippen LogP contribution in [0.25, 0.3) is 5.69 Å². The standard InChI is InChI=1S/C18H23N3O/c1-13-5-3-4-6-17(13)20-18(22)15-7-9-16(10-8-15)21-14(2)11-12-19-21/h7-13,17H,3-6H2,1-2H3,(H,20,22)/t13-,17-/m0/s1. The second-order valence-corrected chi connectivity index (χ2v) is 6.27. The lowest BCUT2D eigenvalue weighted by Gasteiger charge is -2.29. The molecule has 1 aromatic carbocycles. The number of aryl methyl sites for hydroxylation is 1. The lowest BCUT2D eigenvalue weighted by Crippen LogP contribution is -2.41. The van der Waals surface area contributed by atoms with Crippen molar-refractivity contribution in [2.75, 3.05) is 0 Å². The predicted molar refractivity (Wildman–Crippen MR) is 87.2 cm³/mol. The van der Waals surface area contributed by atoms with Gasteiger partial charge in [0.25, 0.3) is 5.91 Å². The van der Waals surface area contributed by atoms with Gasteiger partial charge in [-0.25, -0.2) is 4.68 Å². The van der Waals surface area contributed by atoms with Crippen LogP contribution in [0, 0.1) is 12.8 Å². The maximum Gasteiger partial charge on any atom is 0.251 e. The average molecular weight is 297 g/mol. The molecule has 1 aliphatic carbocycles. The summed E-state index contributed by atoms with van der Waals surface area (Å²) in [7, 11) is 0. The van der Waals surface area contributed by atoms with Crippen LogP contribution in [-0.2, 0) is 0 Å². The summed E-state index contributed by atoms with van der Waals surface area (Å²) in [5.41, 5.74) is 2.77. The normalized spacial score (nSPS) is 21.5. The Labute approximate surface area is 131 Å². The molecule has 1 N–H and O–H groups in total. The summed E-state index contributed by atoms with van der Waals surface area (Å²) in [6, 6.07) is 9.91. The van der Waals surface area contributed by atoms with Gasteiger partial charge in [0, 0.05) is 23.5 Å². The second kappa shape index (κ2) is 6.34. The monoisotopic (exact) mass is 297 g/mol. The number of amides is 1. The highest BCUT2D eigenvalue weighted by atomic mass is 16.1. The first-order valence-corrected chi connectivity index (χ1v) is 8.07. The summed E-state index contributed by atoms with van der Waals surface area (Å²) in [5, 5.41) is 7.47. The molecule has 4 nitrogen and oxygen atoms in total. The van der Waals surface area contributed by atoms with E-state index in [4.69, 9.17) is 0 Å². The van der Waals surface area contributed by atoms with Gasteiger partial charge in [-0.15, -0.1) is 0 Å². The summed E-state index contributed by atoms with van der Waals surface area (Å²) in [6.07, 6.45) is 6.58. The third-order valence-electron chi connectivity index (χ3n) is 4.63. The highest BCUT2D eigenvalue weighted by molar-refractivity contribution is 5.94. The summed E-state index contributed by atoms with van der Waals surface area (Å²) in [4.78, 5) is 12.4. The smallest absolute Gasteiger partial charge is 0.251 e. The maximum absolute atomic E-state index is 12.4. The molecule has 0 aliphatic heterocycles. The van der Waals surface area contributed by atoms with Crippen LogP contribution in [0.5, 0.6) is 0 Å². The molecule has 1 aliphatic rings. The molecule has 1 fully saturated rings. The third kappa shape index (κ3) is 3.06. The molecule has 1 aromatic heterocycles. The quantitative estimate of drug-likeness (QED) is 0.942. The first kappa shape index (κ1) is 14.8. The summed E-state index contributed by atoms with van der Waals surface area (Å²) in [5.74, 6) is 0.603. The molecule has 2 aromatic rings. The van der Waals surface area contributed by atoms with Gasteiger partial charge in [0.1, 0.15) is 0 Å². The first-order valence-electron chi connectivity index (χ1n) is 8.07. The number of rotatable bonds is 3. The number of carbonyl (C=O) groups excluding carboxylic acids is 1. The predicted octanol–water partition coefficient (Wildman–Crippen LogP) is 3.49. The van der Waals surface area contributed by atoms with Crippen LogP contribution in [0.3, 0.4) is 0 Å². The average Bonchev–Trinajstić information content (AvgIpc) is 2.96. The maximum atomic E-state index is 12.4. The number of benzene rings is 1. The van der Waals surface area contributed by atoms with Crippen LogP contribution in [0.1, 0.15) is 48.7 Å². The van der Waals surface area contributed by atoms with Gasteiger partial charge >= 0.3 is 0 Å². The molecule has 3 rings (SSSR count). The number of nitrogens with zero attached hydrogens (tertiary/aromatic N) is 2. The van der Waals surface area contributed by atoms with E-state index in [1.807, 2.05) is 41.9 Å².